The first kappa shape index (κ1) is 35.1. The number of nitrogens with one attached hydrogen (secondary N) is 3. The van der Waals surface area contributed by atoms with Gasteiger partial charge in [0, 0.05) is 31.4 Å². The summed E-state index contributed by atoms with van der Waals surface area (Å²) < 4.78 is 11.0. The number of ether oxygens (including phenoxy) is 2. The Morgan fingerprint density at radius 1 is 1.12 bits per heavy atom. The molecule has 1 heterocycles. The molecule has 5 atom stereocenters. The minimum Gasteiger partial charge on any atom is -0.495 e. The number of carbonyl (C=O) groups excluding carboxylic acids is 4. The molecule has 11 heteroatoms. The molecule has 0 fully saturated rings. The van der Waals surface area contributed by atoms with Gasteiger partial charge in [0.1, 0.15) is 23.9 Å². The molecule has 0 saturated carbocycles. The Morgan fingerprint density at radius 3 is 2.36 bits per heavy atom. The van der Waals surface area contributed by atoms with Crippen molar-refractivity contribution in [3.8, 4) is 5.75 Å². The minimum atomic E-state index is -1.14. The molecule has 1 aromatic rings. The van der Waals surface area contributed by atoms with E-state index in [9.17, 15) is 24.3 Å². The summed E-state index contributed by atoms with van der Waals surface area (Å²) in [6, 6.07) is 2.48. The van der Waals surface area contributed by atoms with Crippen LogP contribution in [-0.4, -0.2) is 66.7 Å². The number of hydrogen-bond acceptors (Lipinski definition) is 7. The average molecular weight is 608 g/mol. The van der Waals surface area contributed by atoms with Gasteiger partial charge >= 0.3 is 5.97 Å². The first-order valence-electron chi connectivity index (χ1n) is 14.2. The number of cyclic esters (lactones) is 1. The maximum Gasteiger partial charge on any atom is 0.328 e. The second kappa shape index (κ2) is 14.9. The molecule has 234 valence electrons. The predicted molar refractivity (Wildman–Crippen MR) is 161 cm³/mol. The van der Waals surface area contributed by atoms with Crippen molar-refractivity contribution in [2.45, 2.75) is 92.0 Å². The van der Waals surface area contributed by atoms with Crippen molar-refractivity contribution in [3.63, 3.8) is 0 Å². The van der Waals surface area contributed by atoms with Crippen LogP contribution in [0.2, 0.25) is 5.02 Å². The molecular formula is C31H46ClN3O7. The molecule has 0 aromatic heterocycles. The second-order valence-electron chi connectivity index (χ2n) is 12.8. The van der Waals surface area contributed by atoms with E-state index in [4.69, 9.17) is 21.1 Å². The van der Waals surface area contributed by atoms with E-state index in [-0.39, 0.29) is 24.9 Å². The Morgan fingerprint density at radius 2 is 1.79 bits per heavy atom. The second-order valence-corrected chi connectivity index (χ2v) is 13.2. The van der Waals surface area contributed by atoms with Crippen LogP contribution in [0, 0.1) is 16.7 Å². The molecule has 10 nitrogen and oxygen atoms in total. The number of methoxy groups -OCH3 is 1. The van der Waals surface area contributed by atoms with E-state index in [1.807, 2.05) is 20.8 Å². The van der Waals surface area contributed by atoms with E-state index in [0.717, 1.165) is 0 Å². The van der Waals surface area contributed by atoms with Crippen LogP contribution >= 0.6 is 11.6 Å². The van der Waals surface area contributed by atoms with Gasteiger partial charge in [-0.05, 0) is 56.4 Å². The summed E-state index contributed by atoms with van der Waals surface area (Å²) in [5, 5.41) is 18.6. The van der Waals surface area contributed by atoms with Gasteiger partial charge in [0.2, 0.25) is 17.7 Å². The highest BCUT2D eigenvalue weighted by Gasteiger charge is 2.40. The Bertz CT molecular complexity index is 1160. The molecule has 0 unspecified atom stereocenters. The van der Waals surface area contributed by atoms with E-state index >= 15 is 0 Å². The summed E-state index contributed by atoms with van der Waals surface area (Å²) in [5.74, 6) is -2.03. The monoisotopic (exact) mass is 607 g/mol. The zero-order chi connectivity index (χ0) is 31.8. The molecule has 4 N–H and O–H groups in total. The predicted octanol–water partition coefficient (Wildman–Crippen LogP) is 3.33. The topological polar surface area (TPSA) is 143 Å². The van der Waals surface area contributed by atoms with Crippen LogP contribution in [0.15, 0.2) is 30.4 Å². The minimum absolute atomic E-state index is 0.129. The number of halogens is 1. The Hall–Kier alpha value is -3.11. The van der Waals surface area contributed by atoms with Gasteiger partial charge in [0.15, 0.2) is 0 Å². The lowest BCUT2D eigenvalue weighted by molar-refractivity contribution is -0.157. The van der Waals surface area contributed by atoms with Gasteiger partial charge in [-0.3, -0.25) is 14.4 Å². The molecule has 0 saturated heterocycles. The highest BCUT2D eigenvalue weighted by molar-refractivity contribution is 6.32. The molecule has 0 spiro atoms. The Kier molecular flexibility index (Phi) is 12.4. The molecule has 0 aliphatic carbocycles. The van der Waals surface area contributed by atoms with Crippen molar-refractivity contribution in [2.75, 3.05) is 13.7 Å². The third kappa shape index (κ3) is 10.0. The first-order chi connectivity index (χ1) is 19.5. The van der Waals surface area contributed by atoms with Gasteiger partial charge in [-0.1, -0.05) is 51.4 Å². The third-order valence-corrected chi connectivity index (χ3v) is 7.85. The fourth-order valence-corrected chi connectivity index (χ4v) is 4.68. The summed E-state index contributed by atoms with van der Waals surface area (Å²) in [5.41, 5.74) is -0.771. The highest BCUT2D eigenvalue weighted by atomic mass is 35.5. The smallest absolute Gasteiger partial charge is 0.328 e. The standard InChI is InChI=1S/C31H46ClN3O7/c1-18(17-36)24-10-9-11-26(37)34-22(15-20-12-13-25(41-8)21(32)14-20)27(38)33-19(2)31(6,7)29(40)35-23(28(39)42-24)16-30(3,4)5/h9,11-14,18-19,22-24,36H,10,15-17H2,1-8H3,(H,33,38)(H,34,37)(H,35,40)/b11-9-/t18-,19+,22-,23+,24+/m1/s1. The van der Waals surface area contributed by atoms with Crippen LogP contribution in [0.4, 0.5) is 0 Å². The summed E-state index contributed by atoms with van der Waals surface area (Å²) in [6.45, 7) is 12.4. The molecule has 1 aromatic carbocycles. The summed E-state index contributed by atoms with van der Waals surface area (Å²) in [6.07, 6.45) is 2.65. The molecule has 42 heavy (non-hydrogen) atoms. The van der Waals surface area contributed by atoms with Crippen LogP contribution in [0.1, 0.15) is 66.9 Å². The zero-order valence-corrected chi connectivity index (χ0v) is 26.6. The number of hydrogen-bond donors (Lipinski definition) is 4. The van der Waals surface area contributed by atoms with Gasteiger partial charge in [0.05, 0.1) is 17.5 Å². The SMILES string of the molecule is COc1ccc(C[C@H]2NC(=O)/C=C\C[C@@H]([C@H](C)CO)OC(=O)[C@H](CC(C)(C)C)NC(=O)C(C)(C)[C@H](C)NC2=O)cc1Cl. The Balaban J connectivity index is 2.48. The summed E-state index contributed by atoms with van der Waals surface area (Å²) in [4.78, 5) is 53.3. The van der Waals surface area contributed by atoms with Crippen molar-refractivity contribution in [2.24, 2.45) is 16.7 Å². The van der Waals surface area contributed by atoms with Gasteiger partial charge in [-0.25, -0.2) is 4.79 Å². The van der Waals surface area contributed by atoms with E-state index in [0.29, 0.717) is 22.8 Å². The first-order valence-corrected chi connectivity index (χ1v) is 14.6. The number of aliphatic hydroxyl groups excluding tert-OH is 1. The molecule has 2 rings (SSSR count). The van der Waals surface area contributed by atoms with E-state index in [1.54, 1.807) is 45.9 Å². The highest BCUT2D eigenvalue weighted by Crippen LogP contribution is 2.27. The van der Waals surface area contributed by atoms with Crippen molar-refractivity contribution in [1.29, 1.82) is 0 Å². The summed E-state index contributed by atoms with van der Waals surface area (Å²) in [7, 11) is 1.50. The lowest BCUT2D eigenvalue weighted by Crippen LogP contribution is -2.58. The van der Waals surface area contributed by atoms with Crippen LogP contribution in [0.3, 0.4) is 0 Å². The average Bonchev–Trinajstić information content (AvgIpc) is 2.89. The molecular weight excluding hydrogens is 562 g/mol. The maximum absolute atomic E-state index is 13.6. The van der Waals surface area contributed by atoms with Crippen LogP contribution in [-0.2, 0) is 30.3 Å². The molecule has 1 aliphatic heterocycles. The number of carbonyl (C=O) groups is 4. The number of benzene rings is 1. The van der Waals surface area contributed by atoms with Gasteiger partial charge in [-0.2, -0.15) is 0 Å². The Labute approximate surface area is 253 Å². The van der Waals surface area contributed by atoms with Gasteiger partial charge in [0.25, 0.3) is 0 Å². The van der Waals surface area contributed by atoms with E-state index < -0.39 is 59.3 Å². The normalized spacial score (nSPS) is 25.9. The van der Waals surface area contributed by atoms with E-state index in [2.05, 4.69) is 16.0 Å². The van der Waals surface area contributed by atoms with Crippen molar-refractivity contribution in [1.82, 2.24) is 16.0 Å². The molecule has 0 radical (unpaired) electrons. The quantitative estimate of drug-likeness (QED) is 0.363. The number of amides is 3. The molecule has 3 amide bonds. The largest absolute Gasteiger partial charge is 0.495 e. The number of aliphatic hydroxyl groups is 1. The maximum atomic E-state index is 13.6. The van der Waals surface area contributed by atoms with Crippen LogP contribution in [0.5, 0.6) is 5.75 Å². The summed E-state index contributed by atoms with van der Waals surface area (Å²) >= 11 is 6.29. The van der Waals surface area contributed by atoms with Gasteiger partial charge in [-0.15, -0.1) is 0 Å². The molecule has 0 bridgehead atoms. The molecule has 1 aliphatic rings. The fourth-order valence-electron chi connectivity index (χ4n) is 4.40. The lowest BCUT2D eigenvalue weighted by Gasteiger charge is -2.35. The van der Waals surface area contributed by atoms with Crippen molar-refractivity contribution >= 4 is 35.3 Å². The van der Waals surface area contributed by atoms with Crippen LogP contribution < -0.4 is 20.7 Å². The lowest BCUT2D eigenvalue weighted by atomic mass is 9.82. The fraction of sp³-hybridized carbons (Fsp3) is 0.613. The van der Waals surface area contributed by atoms with Crippen molar-refractivity contribution in [3.05, 3.63) is 40.9 Å². The van der Waals surface area contributed by atoms with E-state index in [1.165, 1.54) is 19.3 Å². The van der Waals surface area contributed by atoms with Gasteiger partial charge < -0.3 is 30.5 Å². The number of esters is 1. The third-order valence-electron chi connectivity index (χ3n) is 7.55. The zero-order valence-electron chi connectivity index (χ0n) is 25.9. The number of rotatable bonds is 6. The van der Waals surface area contributed by atoms with Crippen molar-refractivity contribution < 1.29 is 33.8 Å². The van der Waals surface area contributed by atoms with Crippen LogP contribution in [0.25, 0.3) is 0 Å².